The molecule has 2 N–H and O–H groups in total. The third kappa shape index (κ3) is 2.18. The molecule has 1 aliphatic carbocycles. The highest BCUT2D eigenvalue weighted by atomic mass is 16.3. The highest BCUT2D eigenvalue weighted by molar-refractivity contribution is 4.96. The molecule has 1 fully saturated rings. The van der Waals surface area contributed by atoms with Crippen molar-refractivity contribution in [1.29, 1.82) is 0 Å². The smallest absolute Gasteiger partial charge is 0.146 e. The standard InChI is InChI=1S/C10H18N4O/c1-8-12-13-9(14(8)2)5-11-6-10(7-15)3-4-10/h11,15H,3-7H2,1-2H3. The largest absolute Gasteiger partial charge is 0.396 e. The molecule has 1 saturated carbocycles. The van der Waals surface area contributed by atoms with Gasteiger partial charge in [-0.3, -0.25) is 0 Å². The lowest BCUT2D eigenvalue weighted by Gasteiger charge is -2.12. The Balaban J connectivity index is 1.81. The SMILES string of the molecule is Cc1nnc(CNCC2(CO)CC2)n1C. The van der Waals surface area contributed by atoms with Crippen LogP contribution in [0.15, 0.2) is 0 Å². The lowest BCUT2D eigenvalue weighted by Crippen LogP contribution is -2.27. The Bertz CT molecular complexity index is 343. The van der Waals surface area contributed by atoms with Crippen LogP contribution in [-0.2, 0) is 13.6 Å². The molecule has 0 radical (unpaired) electrons. The first-order chi connectivity index (χ1) is 7.17. The monoisotopic (exact) mass is 210 g/mol. The van der Waals surface area contributed by atoms with Gasteiger partial charge in [0.2, 0.25) is 0 Å². The number of nitrogens with zero attached hydrogens (tertiary/aromatic N) is 3. The highest BCUT2D eigenvalue weighted by Crippen LogP contribution is 2.44. The first-order valence-corrected chi connectivity index (χ1v) is 5.33. The molecule has 1 aromatic heterocycles. The van der Waals surface area contributed by atoms with Crippen molar-refractivity contribution in [1.82, 2.24) is 20.1 Å². The van der Waals surface area contributed by atoms with Crippen LogP contribution in [0.2, 0.25) is 0 Å². The van der Waals surface area contributed by atoms with Gasteiger partial charge in [-0.1, -0.05) is 0 Å². The zero-order valence-corrected chi connectivity index (χ0v) is 9.32. The van der Waals surface area contributed by atoms with Crippen LogP contribution in [0.25, 0.3) is 0 Å². The van der Waals surface area contributed by atoms with Gasteiger partial charge in [0.15, 0.2) is 0 Å². The summed E-state index contributed by atoms with van der Waals surface area (Å²) in [7, 11) is 1.96. The zero-order chi connectivity index (χ0) is 10.9. The molecule has 0 saturated heterocycles. The van der Waals surface area contributed by atoms with Crippen LogP contribution in [0, 0.1) is 12.3 Å². The van der Waals surface area contributed by atoms with E-state index in [4.69, 9.17) is 5.11 Å². The Morgan fingerprint density at radius 1 is 1.47 bits per heavy atom. The summed E-state index contributed by atoms with van der Waals surface area (Å²) in [5.74, 6) is 1.87. The van der Waals surface area contributed by atoms with E-state index in [1.165, 1.54) is 0 Å². The predicted octanol–water partition coefficient (Wildman–Crippen LogP) is -0.0144. The van der Waals surface area contributed by atoms with Gasteiger partial charge in [0, 0.05) is 25.6 Å². The van der Waals surface area contributed by atoms with Gasteiger partial charge >= 0.3 is 0 Å². The number of aliphatic hydroxyl groups excluding tert-OH is 1. The fourth-order valence-corrected chi connectivity index (χ4v) is 1.61. The van der Waals surface area contributed by atoms with Crippen LogP contribution < -0.4 is 5.32 Å². The van der Waals surface area contributed by atoms with Crippen molar-refractivity contribution in [2.24, 2.45) is 12.5 Å². The lowest BCUT2D eigenvalue weighted by atomic mass is 10.1. The average molecular weight is 210 g/mol. The molecule has 0 spiro atoms. The van der Waals surface area contributed by atoms with Gasteiger partial charge in [-0.05, 0) is 19.8 Å². The predicted molar refractivity (Wildman–Crippen MR) is 56.2 cm³/mol. The van der Waals surface area contributed by atoms with Crippen molar-refractivity contribution in [2.75, 3.05) is 13.2 Å². The Labute approximate surface area is 89.5 Å². The summed E-state index contributed by atoms with van der Waals surface area (Å²) < 4.78 is 1.98. The van der Waals surface area contributed by atoms with E-state index in [1.807, 2.05) is 18.5 Å². The van der Waals surface area contributed by atoms with Crippen LogP contribution in [-0.4, -0.2) is 33.0 Å². The van der Waals surface area contributed by atoms with E-state index in [0.29, 0.717) is 0 Å². The summed E-state index contributed by atoms with van der Waals surface area (Å²) in [6.45, 7) is 3.82. The number of aryl methyl sites for hydroxylation is 1. The number of hydrogen-bond donors (Lipinski definition) is 2. The second-order valence-corrected chi connectivity index (χ2v) is 4.48. The Kier molecular flexibility index (Phi) is 2.75. The van der Waals surface area contributed by atoms with Gasteiger partial charge in [0.05, 0.1) is 6.54 Å². The molecule has 1 aromatic rings. The fraction of sp³-hybridized carbons (Fsp3) is 0.800. The minimum Gasteiger partial charge on any atom is -0.396 e. The molecule has 1 aliphatic rings. The first-order valence-electron chi connectivity index (χ1n) is 5.33. The summed E-state index contributed by atoms with van der Waals surface area (Å²) >= 11 is 0. The van der Waals surface area contributed by atoms with E-state index in [9.17, 15) is 0 Å². The van der Waals surface area contributed by atoms with Gasteiger partial charge in [-0.15, -0.1) is 10.2 Å². The van der Waals surface area contributed by atoms with Crippen LogP contribution in [0.4, 0.5) is 0 Å². The van der Waals surface area contributed by atoms with Gasteiger partial charge in [0.25, 0.3) is 0 Å². The second-order valence-electron chi connectivity index (χ2n) is 4.48. The fourth-order valence-electron chi connectivity index (χ4n) is 1.61. The van der Waals surface area contributed by atoms with Crippen molar-refractivity contribution in [2.45, 2.75) is 26.3 Å². The molecule has 2 rings (SSSR count). The van der Waals surface area contributed by atoms with E-state index in [0.717, 1.165) is 37.6 Å². The molecule has 5 heteroatoms. The van der Waals surface area contributed by atoms with Crippen molar-refractivity contribution >= 4 is 0 Å². The van der Waals surface area contributed by atoms with Crippen LogP contribution in [0.5, 0.6) is 0 Å². The average Bonchev–Trinajstić information content (AvgIpc) is 2.96. The van der Waals surface area contributed by atoms with Crippen LogP contribution in [0.1, 0.15) is 24.5 Å². The molecule has 0 atom stereocenters. The Morgan fingerprint density at radius 3 is 2.67 bits per heavy atom. The lowest BCUT2D eigenvalue weighted by molar-refractivity contribution is 0.207. The maximum absolute atomic E-state index is 9.14. The molecule has 0 aromatic carbocycles. The van der Waals surface area contributed by atoms with Crippen LogP contribution >= 0.6 is 0 Å². The van der Waals surface area contributed by atoms with Crippen molar-refractivity contribution in [3.63, 3.8) is 0 Å². The number of aromatic nitrogens is 3. The minimum absolute atomic E-state index is 0.160. The highest BCUT2D eigenvalue weighted by Gasteiger charge is 2.41. The normalized spacial score (nSPS) is 18.1. The summed E-state index contributed by atoms with van der Waals surface area (Å²) in [6, 6.07) is 0. The quantitative estimate of drug-likeness (QED) is 0.717. The summed E-state index contributed by atoms with van der Waals surface area (Å²) in [4.78, 5) is 0. The molecule has 5 nitrogen and oxygen atoms in total. The number of rotatable bonds is 5. The summed E-state index contributed by atoms with van der Waals surface area (Å²) in [5.41, 5.74) is 0.160. The number of aliphatic hydroxyl groups is 1. The Morgan fingerprint density at radius 2 is 2.20 bits per heavy atom. The molecule has 84 valence electrons. The summed E-state index contributed by atoms with van der Waals surface area (Å²) in [5, 5.41) is 20.5. The third-order valence-corrected chi connectivity index (χ3v) is 3.26. The third-order valence-electron chi connectivity index (χ3n) is 3.26. The molecule has 0 bridgehead atoms. The number of nitrogens with one attached hydrogen (secondary N) is 1. The molecule has 1 heterocycles. The van der Waals surface area contributed by atoms with E-state index < -0.39 is 0 Å². The second kappa shape index (κ2) is 3.90. The molecule has 15 heavy (non-hydrogen) atoms. The van der Waals surface area contributed by atoms with Gasteiger partial charge in [-0.25, -0.2) is 0 Å². The minimum atomic E-state index is 0.160. The van der Waals surface area contributed by atoms with Gasteiger partial charge < -0.3 is 15.0 Å². The molecule has 0 unspecified atom stereocenters. The molecular weight excluding hydrogens is 192 g/mol. The Hall–Kier alpha value is -0.940. The van der Waals surface area contributed by atoms with E-state index in [1.54, 1.807) is 0 Å². The topological polar surface area (TPSA) is 63.0 Å². The van der Waals surface area contributed by atoms with E-state index in [2.05, 4.69) is 15.5 Å². The zero-order valence-electron chi connectivity index (χ0n) is 9.32. The van der Waals surface area contributed by atoms with E-state index in [-0.39, 0.29) is 12.0 Å². The van der Waals surface area contributed by atoms with Crippen molar-refractivity contribution in [3.8, 4) is 0 Å². The van der Waals surface area contributed by atoms with Gasteiger partial charge in [-0.2, -0.15) is 0 Å². The molecule has 0 amide bonds. The molecule has 0 aliphatic heterocycles. The maximum atomic E-state index is 9.14. The van der Waals surface area contributed by atoms with Gasteiger partial charge in [0.1, 0.15) is 11.6 Å². The van der Waals surface area contributed by atoms with Crippen molar-refractivity contribution < 1.29 is 5.11 Å². The first kappa shape index (κ1) is 10.6. The van der Waals surface area contributed by atoms with Crippen molar-refractivity contribution in [3.05, 3.63) is 11.6 Å². The van der Waals surface area contributed by atoms with Crippen LogP contribution in [0.3, 0.4) is 0 Å². The maximum Gasteiger partial charge on any atom is 0.146 e. The van der Waals surface area contributed by atoms with E-state index >= 15 is 0 Å². The summed E-state index contributed by atoms with van der Waals surface area (Å²) in [6.07, 6.45) is 2.27. The number of hydrogen-bond acceptors (Lipinski definition) is 4. The molecular formula is C10H18N4O.